The van der Waals surface area contributed by atoms with E-state index in [1.165, 1.54) is 25.7 Å². The van der Waals surface area contributed by atoms with Crippen molar-refractivity contribution in [3.05, 3.63) is 94.6 Å². The van der Waals surface area contributed by atoms with E-state index < -0.39 is 0 Å². The minimum atomic E-state index is -0.132. The lowest BCUT2D eigenvalue weighted by Crippen LogP contribution is -2.38. The Labute approximate surface area is 317 Å². The Morgan fingerprint density at radius 3 is 1.32 bits per heavy atom. The van der Waals surface area contributed by atoms with Crippen LogP contribution in [0.4, 0.5) is 8.78 Å². The first-order valence-electron chi connectivity index (χ1n) is 20.9. The van der Waals surface area contributed by atoms with Gasteiger partial charge in [0.2, 0.25) is 0 Å². The van der Waals surface area contributed by atoms with Gasteiger partial charge in [-0.25, -0.2) is 8.78 Å². The van der Waals surface area contributed by atoms with Crippen molar-refractivity contribution in [2.75, 3.05) is 39.6 Å². The van der Waals surface area contributed by atoms with Gasteiger partial charge in [0, 0.05) is 23.7 Å². The molecule has 0 atom stereocenters. The molecule has 0 N–H and O–H groups in total. The van der Waals surface area contributed by atoms with Crippen molar-refractivity contribution in [3.63, 3.8) is 0 Å². The highest BCUT2D eigenvalue weighted by Gasteiger charge is 2.34. The molecule has 2 aromatic carbocycles. The van der Waals surface area contributed by atoms with Crippen LogP contribution in [0.2, 0.25) is 0 Å². The van der Waals surface area contributed by atoms with E-state index in [1.54, 1.807) is 12.1 Å². The zero-order chi connectivity index (χ0) is 36.8. The molecule has 5 nitrogen and oxygen atoms in total. The second kappa shape index (κ2) is 21.0. The Morgan fingerprint density at radius 1 is 0.566 bits per heavy atom. The summed E-state index contributed by atoms with van der Waals surface area (Å²) in [6.07, 6.45) is 21.8. The summed E-state index contributed by atoms with van der Waals surface area (Å²) in [5.74, 6) is 2.48. The summed E-state index contributed by atoms with van der Waals surface area (Å²) in [5, 5.41) is 0. The summed E-state index contributed by atoms with van der Waals surface area (Å²) in [6, 6.07) is 11.6. The molecule has 53 heavy (non-hydrogen) atoms. The first kappa shape index (κ1) is 40.2. The Bertz CT molecular complexity index is 1320. The van der Waals surface area contributed by atoms with Crippen molar-refractivity contribution < 1.29 is 32.5 Å². The molecule has 0 radical (unpaired) electrons. The highest BCUT2D eigenvalue weighted by atomic mass is 19.1. The van der Waals surface area contributed by atoms with Crippen LogP contribution in [0.1, 0.15) is 125 Å². The maximum absolute atomic E-state index is 15.0. The van der Waals surface area contributed by atoms with Crippen LogP contribution >= 0.6 is 0 Å². The van der Waals surface area contributed by atoms with E-state index >= 15 is 8.78 Å². The van der Waals surface area contributed by atoms with Crippen LogP contribution < -0.4 is 0 Å². The number of benzene rings is 2. The summed E-state index contributed by atoms with van der Waals surface area (Å²) < 4.78 is 60.1. The van der Waals surface area contributed by atoms with Gasteiger partial charge >= 0.3 is 0 Å². The molecule has 2 aliphatic heterocycles. The van der Waals surface area contributed by atoms with Gasteiger partial charge in [0.15, 0.2) is 12.6 Å². The molecule has 0 amide bonds. The Hall–Kier alpha value is -2.42. The zero-order valence-electron chi connectivity index (χ0n) is 32.3. The van der Waals surface area contributed by atoms with Gasteiger partial charge in [0.25, 0.3) is 0 Å². The van der Waals surface area contributed by atoms with Gasteiger partial charge in [-0.15, -0.1) is 0 Å². The first-order chi connectivity index (χ1) is 26.0. The van der Waals surface area contributed by atoms with E-state index in [0.29, 0.717) is 72.7 Å². The monoisotopic (exact) mass is 734 g/mol. The molecule has 0 spiro atoms. The summed E-state index contributed by atoms with van der Waals surface area (Å²) in [7, 11) is 0. The summed E-state index contributed by atoms with van der Waals surface area (Å²) in [5.41, 5.74) is 3.61. The van der Waals surface area contributed by atoms with Gasteiger partial charge < -0.3 is 23.7 Å². The fraction of sp³-hybridized carbons (Fsp3) is 0.652. The van der Waals surface area contributed by atoms with Crippen molar-refractivity contribution >= 4 is 0 Å². The van der Waals surface area contributed by atoms with Crippen molar-refractivity contribution in [1.29, 1.82) is 0 Å². The van der Waals surface area contributed by atoms with Gasteiger partial charge in [-0.3, -0.25) is 0 Å². The molecule has 2 saturated carbocycles. The molecule has 0 bridgehead atoms. The zero-order valence-corrected chi connectivity index (χ0v) is 32.3. The van der Waals surface area contributed by atoms with Crippen LogP contribution in [0.25, 0.3) is 0 Å². The van der Waals surface area contributed by atoms with Crippen LogP contribution in [-0.4, -0.2) is 52.2 Å². The fourth-order valence-electron chi connectivity index (χ4n) is 8.99. The summed E-state index contributed by atoms with van der Waals surface area (Å²) in [6.45, 7) is 8.58. The van der Waals surface area contributed by atoms with E-state index in [4.69, 9.17) is 23.7 Å². The third-order valence-corrected chi connectivity index (χ3v) is 12.2. The molecule has 6 rings (SSSR count). The topological polar surface area (TPSA) is 46.2 Å². The fourth-order valence-corrected chi connectivity index (χ4v) is 8.99. The molecule has 292 valence electrons. The number of ether oxygens (including phenoxy) is 5. The molecule has 0 aromatic heterocycles. The number of rotatable bonds is 16. The third kappa shape index (κ3) is 11.8. The highest BCUT2D eigenvalue weighted by Crippen LogP contribution is 2.41. The van der Waals surface area contributed by atoms with Gasteiger partial charge in [-0.2, -0.15) is 0 Å². The molecular weight excluding hydrogens is 670 g/mol. The lowest BCUT2D eigenvalue weighted by molar-refractivity contribution is -0.229. The quantitative estimate of drug-likeness (QED) is 0.127. The molecule has 2 aromatic rings. The van der Waals surface area contributed by atoms with Crippen molar-refractivity contribution in [2.45, 2.75) is 128 Å². The second-order valence-electron chi connectivity index (χ2n) is 16.2. The van der Waals surface area contributed by atoms with Crippen LogP contribution in [0, 0.1) is 35.3 Å². The minimum absolute atomic E-state index is 0.0686. The SMILES string of the molecule is CCCC1COC(C2CCC(c3ccc(CC=CCOCC=CCc4ccc(C5CCC(C6OCC(CCC)CO6)CC5)cc4F)c(F)c3)CC2)OC1. The average molecular weight is 735 g/mol. The number of halogens is 2. The average Bonchev–Trinajstić information content (AvgIpc) is 3.19. The number of hydrogen-bond donors (Lipinski definition) is 0. The first-order valence-corrected chi connectivity index (χ1v) is 20.9. The maximum Gasteiger partial charge on any atom is 0.160 e. The number of allylic oxidation sites excluding steroid dienone is 2. The van der Waals surface area contributed by atoms with Crippen molar-refractivity contribution in [2.24, 2.45) is 23.7 Å². The Balaban J connectivity index is 0.835. The predicted molar refractivity (Wildman–Crippen MR) is 207 cm³/mol. The van der Waals surface area contributed by atoms with Gasteiger partial charge in [0.1, 0.15) is 11.6 Å². The molecular formula is C46H64F2O5. The Morgan fingerprint density at radius 2 is 0.962 bits per heavy atom. The normalized spacial score (nSPS) is 30.0. The lowest BCUT2D eigenvalue weighted by atomic mass is 9.78. The second-order valence-corrected chi connectivity index (χ2v) is 16.2. The minimum Gasteiger partial charge on any atom is -0.373 e. The smallest absolute Gasteiger partial charge is 0.160 e. The molecule has 2 saturated heterocycles. The van der Waals surface area contributed by atoms with Crippen LogP contribution in [0.5, 0.6) is 0 Å². The van der Waals surface area contributed by atoms with E-state index in [2.05, 4.69) is 26.0 Å². The molecule has 2 heterocycles. The predicted octanol–water partition coefficient (Wildman–Crippen LogP) is 11.0. The molecule has 2 aliphatic carbocycles. The van der Waals surface area contributed by atoms with E-state index in [9.17, 15) is 0 Å². The number of hydrogen-bond acceptors (Lipinski definition) is 5. The molecule has 7 heteroatoms. The maximum atomic E-state index is 15.0. The van der Waals surface area contributed by atoms with Crippen LogP contribution in [0.15, 0.2) is 60.7 Å². The third-order valence-electron chi connectivity index (χ3n) is 12.2. The highest BCUT2D eigenvalue weighted by molar-refractivity contribution is 5.30. The standard InChI is InChI=1S/C46H64F2O5/c1-3-9-33-29-50-45(51-30-33)39-19-13-35(14-20-39)41-23-17-37(43(47)27-41)11-5-7-25-49-26-8-6-12-38-18-24-42(28-44(38)48)36-15-21-40(22-16-36)46-52-31-34(10-4-2)32-53-46/h5-8,17-18,23-24,27-28,33-36,39-40,45-46H,3-4,9-16,19-22,25-26,29-32H2,1-2H3. The van der Waals surface area contributed by atoms with E-state index in [0.717, 1.165) is 88.9 Å². The van der Waals surface area contributed by atoms with E-state index in [1.807, 2.05) is 36.4 Å². The molecule has 4 fully saturated rings. The Kier molecular flexibility index (Phi) is 16.0. The van der Waals surface area contributed by atoms with Gasteiger partial charge in [-0.1, -0.05) is 75.3 Å². The summed E-state index contributed by atoms with van der Waals surface area (Å²) in [4.78, 5) is 0. The van der Waals surface area contributed by atoms with Gasteiger partial charge in [0.05, 0.1) is 39.6 Å². The largest absolute Gasteiger partial charge is 0.373 e. The van der Waals surface area contributed by atoms with Crippen molar-refractivity contribution in [1.82, 2.24) is 0 Å². The van der Waals surface area contributed by atoms with Gasteiger partial charge in [-0.05, 0) is 123 Å². The van der Waals surface area contributed by atoms with Crippen molar-refractivity contribution in [3.8, 4) is 0 Å². The van der Waals surface area contributed by atoms with E-state index in [-0.39, 0.29) is 24.2 Å². The lowest BCUT2D eigenvalue weighted by Gasteiger charge is -2.37. The summed E-state index contributed by atoms with van der Waals surface area (Å²) >= 11 is 0. The molecule has 0 unspecified atom stereocenters. The van der Waals surface area contributed by atoms with Crippen LogP contribution in [0.3, 0.4) is 0 Å². The molecule has 4 aliphatic rings. The van der Waals surface area contributed by atoms with Crippen LogP contribution in [-0.2, 0) is 36.5 Å².